The summed E-state index contributed by atoms with van der Waals surface area (Å²) >= 11 is 0. The van der Waals surface area contributed by atoms with Crippen LogP contribution < -0.4 is 5.32 Å². The molecule has 0 saturated carbocycles. The Morgan fingerprint density at radius 3 is 2.42 bits per heavy atom. The van der Waals surface area contributed by atoms with Crippen molar-refractivity contribution < 1.29 is 4.79 Å². The number of aromatic nitrogens is 2. The molecular formula is C14H26N4O. The third-order valence-corrected chi connectivity index (χ3v) is 3.10. The molecule has 5 nitrogen and oxygen atoms in total. The molecule has 0 aliphatic rings. The van der Waals surface area contributed by atoms with Gasteiger partial charge in [-0.3, -0.25) is 9.48 Å². The minimum atomic E-state index is -0.238. The molecule has 19 heavy (non-hydrogen) atoms. The molecule has 0 radical (unpaired) electrons. The van der Waals surface area contributed by atoms with E-state index in [1.54, 1.807) is 6.20 Å². The van der Waals surface area contributed by atoms with E-state index in [1.165, 1.54) is 0 Å². The highest BCUT2D eigenvalue weighted by atomic mass is 16.2. The number of anilines is 1. The molecule has 5 heteroatoms. The highest BCUT2D eigenvalue weighted by molar-refractivity contribution is 5.84. The Bertz CT molecular complexity index is 415. The first kappa shape index (κ1) is 15.5. The zero-order chi connectivity index (χ0) is 14.6. The van der Waals surface area contributed by atoms with E-state index in [4.69, 9.17) is 0 Å². The van der Waals surface area contributed by atoms with Crippen LogP contribution in [-0.2, 0) is 10.3 Å². The summed E-state index contributed by atoms with van der Waals surface area (Å²) in [5.74, 6) is 0.119. The fourth-order valence-corrected chi connectivity index (χ4v) is 1.89. The van der Waals surface area contributed by atoms with Crippen molar-refractivity contribution in [1.82, 2.24) is 14.7 Å². The van der Waals surface area contributed by atoms with Gasteiger partial charge in [0.15, 0.2) is 0 Å². The van der Waals surface area contributed by atoms with Gasteiger partial charge in [0, 0.05) is 19.3 Å². The van der Waals surface area contributed by atoms with Crippen LogP contribution in [0.1, 0.15) is 41.5 Å². The third kappa shape index (κ3) is 3.98. The minimum absolute atomic E-state index is 0.0496. The van der Waals surface area contributed by atoms with Crippen molar-refractivity contribution in [1.29, 1.82) is 0 Å². The second-order valence-corrected chi connectivity index (χ2v) is 5.72. The summed E-state index contributed by atoms with van der Waals surface area (Å²) in [7, 11) is 0. The third-order valence-electron chi connectivity index (χ3n) is 3.10. The summed E-state index contributed by atoms with van der Waals surface area (Å²) in [6.45, 7) is 13.6. The Morgan fingerprint density at radius 1 is 1.42 bits per heavy atom. The first-order valence-electron chi connectivity index (χ1n) is 6.90. The number of nitrogens with one attached hydrogen (secondary N) is 1. The second kappa shape index (κ2) is 6.08. The molecule has 0 bridgehead atoms. The first-order chi connectivity index (χ1) is 8.79. The molecule has 0 saturated heterocycles. The number of nitrogens with zero attached hydrogens (tertiary/aromatic N) is 3. The Kier molecular flexibility index (Phi) is 4.97. The highest BCUT2D eigenvalue weighted by Gasteiger charge is 2.19. The van der Waals surface area contributed by atoms with Gasteiger partial charge in [0.2, 0.25) is 5.91 Å². The summed E-state index contributed by atoms with van der Waals surface area (Å²) in [6, 6.07) is -0.238. The van der Waals surface area contributed by atoms with Crippen molar-refractivity contribution in [2.45, 2.75) is 53.1 Å². The van der Waals surface area contributed by atoms with Gasteiger partial charge < -0.3 is 10.2 Å². The molecule has 0 unspecified atom stereocenters. The van der Waals surface area contributed by atoms with Crippen LogP contribution in [0.15, 0.2) is 12.4 Å². The molecule has 1 N–H and O–H groups in total. The van der Waals surface area contributed by atoms with E-state index in [1.807, 2.05) is 36.5 Å². The van der Waals surface area contributed by atoms with E-state index >= 15 is 0 Å². The Hall–Kier alpha value is -1.52. The molecule has 1 aromatic rings. The van der Waals surface area contributed by atoms with Crippen molar-refractivity contribution >= 4 is 11.6 Å². The van der Waals surface area contributed by atoms with Gasteiger partial charge in [0.05, 0.1) is 17.4 Å². The maximum atomic E-state index is 12.1. The van der Waals surface area contributed by atoms with Crippen LogP contribution in [-0.4, -0.2) is 39.7 Å². The molecule has 1 amide bonds. The van der Waals surface area contributed by atoms with E-state index < -0.39 is 0 Å². The molecule has 0 aromatic carbocycles. The minimum Gasteiger partial charge on any atom is -0.371 e. The second-order valence-electron chi connectivity index (χ2n) is 5.72. The highest BCUT2D eigenvalue weighted by Crippen LogP contribution is 2.16. The number of carbonyl (C=O) groups excluding carboxylic acids is 1. The predicted octanol–water partition coefficient (Wildman–Crippen LogP) is 2.31. The average Bonchev–Trinajstić information content (AvgIpc) is 2.78. The molecule has 108 valence electrons. The van der Waals surface area contributed by atoms with Gasteiger partial charge in [0.1, 0.15) is 6.04 Å². The van der Waals surface area contributed by atoms with E-state index in [0.717, 1.165) is 18.8 Å². The van der Waals surface area contributed by atoms with Crippen LogP contribution in [0.25, 0.3) is 0 Å². The Balaban J connectivity index is 2.69. The lowest BCUT2D eigenvalue weighted by Gasteiger charge is -2.23. The molecule has 1 heterocycles. The van der Waals surface area contributed by atoms with Crippen molar-refractivity contribution in [3.8, 4) is 0 Å². The number of likely N-dealkylation sites (N-methyl/N-ethyl adjacent to an activating group) is 1. The molecule has 1 atom stereocenters. The largest absolute Gasteiger partial charge is 0.371 e. The summed E-state index contributed by atoms with van der Waals surface area (Å²) in [6.07, 6.45) is 3.70. The van der Waals surface area contributed by atoms with Gasteiger partial charge in [-0.15, -0.1) is 0 Å². The van der Waals surface area contributed by atoms with Crippen LogP contribution in [0.3, 0.4) is 0 Å². The van der Waals surface area contributed by atoms with E-state index in [0.29, 0.717) is 0 Å². The van der Waals surface area contributed by atoms with Gasteiger partial charge in [-0.05, 0) is 41.5 Å². The summed E-state index contributed by atoms with van der Waals surface area (Å²) in [4.78, 5) is 14.0. The topological polar surface area (TPSA) is 50.2 Å². The quantitative estimate of drug-likeness (QED) is 0.889. The van der Waals surface area contributed by atoms with Gasteiger partial charge >= 0.3 is 0 Å². The lowest BCUT2D eigenvalue weighted by Crippen LogP contribution is -2.41. The van der Waals surface area contributed by atoms with Crippen molar-refractivity contribution in [3.63, 3.8) is 0 Å². The van der Waals surface area contributed by atoms with Crippen LogP contribution in [0, 0.1) is 0 Å². The Morgan fingerprint density at radius 2 is 2.00 bits per heavy atom. The summed E-state index contributed by atoms with van der Waals surface area (Å²) in [5.41, 5.74) is 0.828. The monoisotopic (exact) mass is 266 g/mol. The lowest BCUT2D eigenvalue weighted by molar-refractivity contribution is -0.131. The zero-order valence-corrected chi connectivity index (χ0v) is 12.9. The number of amides is 1. The number of hydrogen-bond acceptors (Lipinski definition) is 3. The molecule has 0 aliphatic carbocycles. The summed E-state index contributed by atoms with van der Waals surface area (Å²) < 4.78 is 1.89. The Labute approximate surface area is 116 Å². The molecule has 0 fully saturated rings. The maximum absolute atomic E-state index is 12.1. The normalized spacial score (nSPS) is 13.2. The predicted molar refractivity (Wildman–Crippen MR) is 78.2 cm³/mol. The zero-order valence-electron chi connectivity index (χ0n) is 12.9. The van der Waals surface area contributed by atoms with Gasteiger partial charge in [-0.1, -0.05) is 0 Å². The number of rotatable bonds is 5. The lowest BCUT2D eigenvalue weighted by atomic mass is 10.1. The SMILES string of the molecule is CCN(CC)C(=O)[C@H](C)Nc1cnn(C(C)(C)C)c1. The first-order valence-corrected chi connectivity index (χ1v) is 6.90. The summed E-state index contributed by atoms with van der Waals surface area (Å²) in [5, 5.41) is 7.52. The number of hydrogen-bond donors (Lipinski definition) is 1. The van der Waals surface area contributed by atoms with E-state index in [9.17, 15) is 4.79 Å². The maximum Gasteiger partial charge on any atom is 0.244 e. The van der Waals surface area contributed by atoms with Crippen LogP contribution in [0.2, 0.25) is 0 Å². The molecular weight excluding hydrogens is 240 g/mol. The molecule has 0 aliphatic heterocycles. The van der Waals surface area contributed by atoms with Crippen LogP contribution in [0.4, 0.5) is 5.69 Å². The van der Waals surface area contributed by atoms with Crippen molar-refractivity contribution in [3.05, 3.63) is 12.4 Å². The van der Waals surface area contributed by atoms with Crippen LogP contribution >= 0.6 is 0 Å². The fourth-order valence-electron chi connectivity index (χ4n) is 1.89. The smallest absolute Gasteiger partial charge is 0.244 e. The molecule has 1 aromatic heterocycles. The van der Waals surface area contributed by atoms with Gasteiger partial charge in [0.25, 0.3) is 0 Å². The fraction of sp³-hybridized carbons (Fsp3) is 0.714. The van der Waals surface area contributed by atoms with Crippen LogP contribution in [0.5, 0.6) is 0 Å². The average molecular weight is 266 g/mol. The molecule has 0 spiro atoms. The van der Waals surface area contributed by atoms with Crippen molar-refractivity contribution in [2.75, 3.05) is 18.4 Å². The molecule has 1 rings (SSSR count). The van der Waals surface area contributed by atoms with E-state index in [2.05, 4.69) is 31.2 Å². The van der Waals surface area contributed by atoms with E-state index in [-0.39, 0.29) is 17.5 Å². The van der Waals surface area contributed by atoms with Gasteiger partial charge in [-0.25, -0.2) is 0 Å². The number of carbonyl (C=O) groups is 1. The van der Waals surface area contributed by atoms with Gasteiger partial charge in [-0.2, -0.15) is 5.10 Å². The standard InChI is InChI=1S/C14H26N4O/c1-7-17(8-2)13(19)11(3)16-12-9-15-18(10-12)14(4,5)6/h9-11,16H,7-8H2,1-6H3/t11-/m0/s1. The van der Waals surface area contributed by atoms with Crippen molar-refractivity contribution in [2.24, 2.45) is 0 Å².